The smallest absolute Gasteiger partial charge is 0.298 e. The van der Waals surface area contributed by atoms with Gasteiger partial charge >= 0.3 is 0 Å². The van der Waals surface area contributed by atoms with Gasteiger partial charge in [-0.15, -0.1) is 0 Å². The van der Waals surface area contributed by atoms with Crippen LogP contribution in [0.3, 0.4) is 0 Å². The van der Waals surface area contributed by atoms with E-state index in [0.717, 1.165) is 5.56 Å². The van der Waals surface area contributed by atoms with Crippen molar-refractivity contribution in [3.8, 4) is 0 Å². The Balaban J connectivity index is 2.34. The Bertz CT molecular complexity index is 677. The number of nitro benzene ring substituents is 1. The number of hydrogen-bond acceptors (Lipinski definition) is 3. The van der Waals surface area contributed by atoms with Crippen molar-refractivity contribution in [2.24, 2.45) is 0 Å². The van der Waals surface area contributed by atoms with Gasteiger partial charge < -0.3 is 5.32 Å². The van der Waals surface area contributed by atoms with Crippen LogP contribution in [0.4, 0.5) is 20.2 Å². The fraction of sp³-hybridized carbons (Fsp3) is 0.143. The maximum atomic E-state index is 13.8. The number of nitrogens with zero attached hydrogens (tertiary/aromatic N) is 1. The van der Waals surface area contributed by atoms with Gasteiger partial charge in [-0.3, -0.25) is 10.1 Å². The fourth-order valence-corrected chi connectivity index (χ4v) is 2.02. The van der Waals surface area contributed by atoms with Gasteiger partial charge in [0.25, 0.3) is 5.69 Å². The van der Waals surface area contributed by atoms with E-state index in [9.17, 15) is 18.9 Å². The van der Waals surface area contributed by atoms with Crippen LogP contribution in [0.15, 0.2) is 36.4 Å². The van der Waals surface area contributed by atoms with Crippen molar-refractivity contribution in [1.82, 2.24) is 0 Å². The molecule has 2 rings (SSSR count). The van der Waals surface area contributed by atoms with Crippen LogP contribution in [0.1, 0.15) is 18.5 Å². The van der Waals surface area contributed by atoms with Crippen molar-refractivity contribution < 1.29 is 13.7 Å². The summed E-state index contributed by atoms with van der Waals surface area (Å²) in [5.41, 5.74) is -0.227. The van der Waals surface area contributed by atoms with Crippen LogP contribution in [0.5, 0.6) is 0 Å². The topological polar surface area (TPSA) is 55.2 Å². The SMILES string of the molecule is CC(Nc1c(F)cc(F)cc1[N+](=O)[O-])c1ccc(Cl)cc1. The largest absolute Gasteiger partial charge is 0.371 e. The first kappa shape index (κ1) is 15.2. The van der Waals surface area contributed by atoms with Crippen molar-refractivity contribution in [2.75, 3.05) is 5.32 Å². The lowest BCUT2D eigenvalue weighted by Crippen LogP contribution is -2.10. The molecule has 0 saturated heterocycles. The highest BCUT2D eigenvalue weighted by Crippen LogP contribution is 2.32. The predicted molar refractivity (Wildman–Crippen MR) is 76.5 cm³/mol. The van der Waals surface area contributed by atoms with Crippen LogP contribution in [-0.4, -0.2) is 4.92 Å². The average Bonchev–Trinajstić information content (AvgIpc) is 2.41. The molecule has 0 bridgehead atoms. The lowest BCUT2D eigenvalue weighted by Gasteiger charge is -2.16. The minimum absolute atomic E-state index is 0.344. The van der Waals surface area contributed by atoms with Crippen LogP contribution < -0.4 is 5.32 Å². The van der Waals surface area contributed by atoms with E-state index >= 15 is 0 Å². The summed E-state index contributed by atoms with van der Waals surface area (Å²) >= 11 is 5.77. The Labute approximate surface area is 124 Å². The van der Waals surface area contributed by atoms with E-state index < -0.39 is 28.3 Å². The first-order valence-corrected chi connectivity index (χ1v) is 6.41. The van der Waals surface area contributed by atoms with Crippen LogP contribution in [0.25, 0.3) is 0 Å². The zero-order valence-corrected chi connectivity index (χ0v) is 11.7. The molecule has 21 heavy (non-hydrogen) atoms. The van der Waals surface area contributed by atoms with Crippen molar-refractivity contribution in [1.29, 1.82) is 0 Å². The number of nitrogens with one attached hydrogen (secondary N) is 1. The standard InChI is InChI=1S/C14H11ClF2N2O2/c1-8(9-2-4-10(15)5-3-9)18-14-12(17)6-11(16)7-13(14)19(20)21/h2-8,18H,1H3. The molecule has 2 aromatic rings. The zero-order chi connectivity index (χ0) is 15.6. The normalized spacial score (nSPS) is 12.0. The third-order valence-corrected chi connectivity index (χ3v) is 3.21. The first-order valence-electron chi connectivity index (χ1n) is 6.04. The number of rotatable bonds is 4. The van der Waals surface area contributed by atoms with Gasteiger partial charge in [0.1, 0.15) is 11.5 Å². The van der Waals surface area contributed by atoms with Gasteiger partial charge in [-0.05, 0) is 24.6 Å². The summed E-state index contributed by atoms with van der Waals surface area (Å²) in [6.07, 6.45) is 0. The molecule has 0 aliphatic heterocycles. The second-order valence-corrected chi connectivity index (χ2v) is 4.89. The summed E-state index contributed by atoms with van der Waals surface area (Å²) in [7, 11) is 0. The lowest BCUT2D eigenvalue weighted by molar-refractivity contribution is -0.384. The summed E-state index contributed by atoms with van der Waals surface area (Å²) in [6.45, 7) is 1.70. The molecule has 0 saturated carbocycles. The van der Waals surface area contributed by atoms with E-state index in [1.165, 1.54) is 0 Å². The summed E-state index contributed by atoms with van der Waals surface area (Å²) in [6, 6.07) is 7.61. The summed E-state index contributed by atoms with van der Waals surface area (Å²) < 4.78 is 26.9. The quantitative estimate of drug-likeness (QED) is 0.657. The summed E-state index contributed by atoms with van der Waals surface area (Å²) in [4.78, 5) is 10.1. The molecule has 0 heterocycles. The van der Waals surface area contributed by atoms with E-state index in [-0.39, 0.29) is 5.69 Å². The highest BCUT2D eigenvalue weighted by Gasteiger charge is 2.22. The molecular formula is C14H11ClF2N2O2. The summed E-state index contributed by atoms with van der Waals surface area (Å²) in [5, 5.41) is 14.1. The van der Waals surface area contributed by atoms with Crippen LogP contribution in [0.2, 0.25) is 5.02 Å². The molecule has 1 N–H and O–H groups in total. The molecular weight excluding hydrogens is 302 g/mol. The Kier molecular flexibility index (Phi) is 4.37. The van der Waals surface area contributed by atoms with Crippen molar-refractivity contribution in [3.63, 3.8) is 0 Å². The van der Waals surface area contributed by atoms with Crippen molar-refractivity contribution in [2.45, 2.75) is 13.0 Å². The van der Waals surface area contributed by atoms with E-state index in [1.54, 1.807) is 31.2 Å². The predicted octanol–water partition coefficient (Wildman–Crippen LogP) is 4.70. The highest BCUT2D eigenvalue weighted by atomic mass is 35.5. The van der Waals surface area contributed by atoms with Gasteiger partial charge in [-0.25, -0.2) is 8.78 Å². The molecule has 110 valence electrons. The maximum Gasteiger partial charge on any atom is 0.298 e. The van der Waals surface area contributed by atoms with Gasteiger partial charge in [0.05, 0.1) is 11.0 Å². The van der Waals surface area contributed by atoms with Crippen molar-refractivity contribution in [3.05, 3.63) is 68.7 Å². The van der Waals surface area contributed by atoms with Crippen LogP contribution in [0, 0.1) is 21.7 Å². The van der Waals surface area contributed by atoms with E-state index in [1.807, 2.05) is 0 Å². The second kappa shape index (κ2) is 6.05. The Hall–Kier alpha value is -2.21. The molecule has 2 aromatic carbocycles. The van der Waals surface area contributed by atoms with E-state index in [4.69, 9.17) is 11.6 Å². The second-order valence-electron chi connectivity index (χ2n) is 4.46. The van der Waals surface area contributed by atoms with Crippen LogP contribution >= 0.6 is 11.6 Å². The summed E-state index contributed by atoms with van der Waals surface area (Å²) in [5.74, 6) is -2.01. The number of nitro groups is 1. The molecule has 0 aliphatic carbocycles. The number of hydrogen-bond donors (Lipinski definition) is 1. The van der Waals surface area contributed by atoms with E-state index in [2.05, 4.69) is 5.32 Å². The molecule has 0 radical (unpaired) electrons. The Morgan fingerprint density at radius 2 is 1.86 bits per heavy atom. The lowest BCUT2D eigenvalue weighted by atomic mass is 10.1. The molecule has 0 aliphatic rings. The molecule has 7 heteroatoms. The monoisotopic (exact) mass is 312 g/mol. The molecule has 1 unspecified atom stereocenters. The van der Waals surface area contributed by atoms with Gasteiger partial charge in [-0.2, -0.15) is 0 Å². The minimum Gasteiger partial charge on any atom is -0.371 e. The maximum absolute atomic E-state index is 13.8. The van der Waals surface area contributed by atoms with Gasteiger partial charge in [-0.1, -0.05) is 23.7 Å². The Morgan fingerprint density at radius 3 is 2.43 bits per heavy atom. The Morgan fingerprint density at radius 1 is 1.24 bits per heavy atom. The number of benzene rings is 2. The third-order valence-electron chi connectivity index (χ3n) is 2.96. The molecule has 0 amide bonds. The fourth-order valence-electron chi connectivity index (χ4n) is 1.90. The third kappa shape index (κ3) is 3.46. The van der Waals surface area contributed by atoms with E-state index in [0.29, 0.717) is 17.2 Å². The molecule has 1 atom stereocenters. The molecule has 0 aromatic heterocycles. The number of halogens is 3. The van der Waals surface area contributed by atoms with Crippen molar-refractivity contribution >= 4 is 23.0 Å². The highest BCUT2D eigenvalue weighted by molar-refractivity contribution is 6.30. The average molecular weight is 313 g/mol. The molecule has 4 nitrogen and oxygen atoms in total. The zero-order valence-electron chi connectivity index (χ0n) is 10.9. The van der Waals surface area contributed by atoms with Gasteiger partial charge in [0, 0.05) is 17.1 Å². The van der Waals surface area contributed by atoms with Gasteiger partial charge in [0.2, 0.25) is 0 Å². The minimum atomic E-state index is -1.01. The first-order chi connectivity index (χ1) is 9.88. The van der Waals surface area contributed by atoms with Crippen LogP contribution in [-0.2, 0) is 0 Å². The molecule has 0 spiro atoms. The molecule has 0 fully saturated rings. The number of anilines is 1. The van der Waals surface area contributed by atoms with Gasteiger partial charge in [0.15, 0.2) is 5.82 Å².